The second kappa shape index (κ2) is 10.3. The first-order valence-corrected chi connectivity index (χ1v) is 8.08. The number of amides is 1. The zero-order valence-corrected chi connectivity index (χ0v) is 14.9. The number of esters is 1. The van der Waals surface area contributed by atoms with E-state index in [-0.39, 0.29) is 25.5 Å². The summed E-state index contributed by atoms with van der Waals surface area (Å²) in [5, 5.41) is 8.83. The number of aryl methyl sites for hydroxylation is 1. The molecule has 0 radical (unpaired) electrons. The molecule has 25 heavy (non-hydrogen) atoms. The molecule has 6 nitrogen and oxygen atoms in total. The first-order valence-electron chi connectivity index (χ1n) is 8.08. The van der Waals surface area contributed by atoms with Gasteiger partial charge in [0.05, 0.1) is 19.1 Å². The van der Waals surface area contributed by atoms with Gasteiger partial charge in [-0.2, -0.15) is 5.26 Å². The molecule has 1 rings (SSSR count). The molecule has 0 saturated heterocycles. The monoisotopic (exact) mass is 344 g/mol. The average Bonchev–Trinajstić information content (AvgIpc) is 2.60. The minimum absolute atomic E-state index is 0.180. The lowest BCUT2D eigenvalue weighted by Crippen LogP contribution is -2.42. The van der Waals surface area contributed by atoms with Gasteiger partial charge in [-0.1, -0.05) is 23.8 Å². The van der Waals surface area contributed by atoms with E-state index in [1.165, 1.54) is 17.9 Å². The topological polar surface area (TPSA) is 79.6 Å². The van der Waals surface area contributed by atoms with Crippen LogP contribution in [0.5, 0.6) is 0 Å². The predicted molar refractivity (Wildman–Crippen MR) is 94.9 cm³/mol. The second-order valence-electron chi connectivity index (χ2n) is 5.58. The highest BCUT2D eigenvalue weighted by atomic mass is 16.6. The molecule has 1 aromatic carbocycles. The lowest BCUT2D eigenvalue weighted by molar-refractivity contribution is -0.163. The largest absolute Gasteiger partial charge is 0.451 e. The van der Waals surface area contributed by atoms with Gasteiger partial charge in [0.1, 0.15) is 0 Å². The van der Waals surface area contributed by atoms with Crippen LogP contribution in [0, 0.1) is 18.3 Å². The van der Waals surface area contributed by atoms with Crippen LogP contribution < -0.4 is 4.90 Å². The quantitative estimate of drug-likeness (QED) is 0.508. The van der Waals surface area contributed by atoms with E-state index in [1.54, 1.807) is 19.1 Å². The van der Waals surface area contributed by atoms with Gasteiger partial charge in [0.25, 0.3) is 5.91 Å². The van der Waals surface area contributed by atoms with Crippen molar-refractivity contribution in [3.05, 3.63) is 42.5 Å². The summed E-state index contributed by atoms with van der Waals surface area (Å²) in [6, 6.07) is 9.38. The minimum Gasteiger partial charge on any atom is -0.451 e. The molecule has 6 heteroatoms. The van der Waals surface area contributed by atoms with E-state index in [1.807, 2.05) is 25.1 Å². The Morgan fingerprint density at radius 2 is 1.92 bits per heavy atom. The SMILES string of the molecule is C=CCOC(C)C(=O)OC(C)C(=O)N(CCC#N)c1ccc(C)cc1. The van der Waals surface area contributed by atoms with Crippen molar-refractivity contribution < 1.29 is 19.1 Å². The van der Waals surface area contributed by atoms with Crippen LogP contribution in [-0.2, 0) is 19.1 Å². The highest BCUT2D eigenvalue weighted by Gasteiger charge is 2.27. The van der Waals surface area contributed by atoms with Crippen LogP contribution in [0.1, 0.15) is 25.8 Å². The van der Waals surface area contributed by atoms with Crippen molar-refractivity contribution in [2.75, 3.05) is 18.1 Å². The molecule has 0 spiro atoms. The number of hydrogen-bond acceptors (Lipinski definition) is 5. The van der Waals surface area contributed by atoms with Gasteiger partial charge >= 0.3 is 5.97 Å². The maximum absolute atomic E-state index is 12.7. The predicted octanol–water partition coefficient (Wildman–Crippen LogP) is 2.76. The number of benzene rings is 1. The van der Waals surface area contributed by atoms with Gasteiger partial charge in [0, 0.05) is 12.2 Å². The van der Waals surface area contributed by atoms with Crippen LogP contribution in [0.2, 0.25) is 0 Å². The zero-order valence-electron chi connectivity index (χ0n) is 14.9. The lowest BCUT2D eigenvalue weighted by atomic mass is 10.2. The molecule has 2 unspecified atom stereocenters. The van der Waals surface area contributed by atoms with Gasteiger partial charge in [-0.15, -0.1) is 6.58 Å². The van der Waals surface area contributed by atoms with Gasteiger partial charge in [-0.3, -0.25) is 4.79 Å². The van der Waals surface area contributed by atoms with Gasteiger partial charge < -0.3 is 14.4 Å². The first-order chi connectivity index (χ1) is 11.9. The number of ether oxygens (including phenoxy) is 2. The van der Waals surface area contributed by atoms with Crippen LogP contribution in [0.25, 0.3) is 0 Å². The zero-order chi connectivity index (χ0) is 18.8. The highest BCUT2D eigenvalue weighted by Crippen LogP contribution is 2.17. The molecule has 0 N–H and O–H groups in total. The Kier molecular flexibility index (Phi) is 8.37. The molecule has 0 aliphatic heterocycles. The average molecular weight is 344 g/mol. The number of nitriles is 1. The Morgan fingerprint density at radius 3 is 2.48 bits per heavy atom. The fourth-order valence-corrected chi connectivity index (χ4v) is 2.07. The van der Waals surface area contributed by atoms with Gasteiger partial charge in [-0.05, 0) is 32.9 Å². The summed E-state index contributed by atoms with van der Waals surface area (Å²) in [5.74, 6) is -1.00. The summed E-state index contributed by atoms with van der Waals surface area (Å²) in [5.41, 5.74) is 1.72. The molecular formula is C19H24N2O4. The van der Waals surface area contributed by atoms with Crippen LogP contribution >= 0.6 is 0 Å². The molecule has 0 fully saturated rings. The van der Waals surface area contributed by atoms with E-state index in [4.69, 9.17) is 14.7 Å². The van der Waals surface area contributed by atoms with Crippen molar-refractivity contribution in [3.63, 3.8) is 0 Å². The number of carbonyl (C=O) groups is 2. The van der Waals surface area contributed by atoms with Crippen LogP contribution in [-0.4, -0.2) is 37.2 Å². The summed E-state index contributed by atoms with van der Waals surface area (Å²) < 4.78 is 10.4. The molecule has 0 aliphatic carbocycles. The van der Waals surface area contributed by atoms with Crippen molar-refractivity contribution in [2.24, 2.45) is 0 Å². The number of carbonyl (C=O) groups excluding carboxylic acids is 2. The van der Waals surface area contributed by atoms with E-state index in [0.717, 1.165) is 5.56 Å². The smallest absolute Gasteiger partial charge is 0.335 e. The standard InChI is InChI=1S/C19H24N2O4/c1-5-13-24-16(4)19(23)25-15(3)18(22)21(12-6-11-20)17-9-7-14(2)8-10-17/h5,7-10,15-16H,1,6,12-13H2,2-4H3. The lowest BCUT2D eigenvalue weighted by Gasteiger charge is -2.25. The first kappa shape index (κ1) is 20.4. The molecule has 0 bridgehead atoms. The van der Waals surface area contributed by atoms with Gasteiger partial charge in [-0.25, -0.2) is 4.79 Å². The Balaban J connectivity index is 2.82. The van der Waals surface area contributed by atoms with Crippen molar-refractivity contribution in [3.8, 4) is 6.07 Å². The molecule has 0 saturated carbocycles. The molecule has 0 aliphatic rings. The molecule has 1 aromatic rings. The minimum atomic E-state index is -0.984. The van der Waals surface area contributed by atoms with E-state index >= 15 is 0 Å². The number of rotatable bonds is 9. The fraction of sp³-hybridized carbons (Fsp3) is 0.421. The van der Waals surface area contributed by atoms with E-state index < -0.39 is 18.2 Å². The van der Waals surface area contributed by atoms with Crippen LogP contribution in [0.3, 0.4) is 0 Å². The number of hydrogen-bond donors (Lipinski definition) is 0. The third kappa shape index (κ3) is 6.40. The Morgan fingerprint density at radius 1 is 1.28 bits per heavy atom. The maximum atomic E-state index is 12.7. The van der Waals surface area contributed by atoms with Crippen molar-refractivity contribution >= 4 is 17.6 Å². The normalized spacial score (nSPS) is 12.6. The Bertz CT molecular complexity index is 634. The summed E-state index contributed by atoms with van der Waals surface area (Å²) in [7, 11) is 0. The molecule has 0 aromatic heterocycles. The second-order valence-corrected chi connectivity index (χ2v) is 5.58. The summed E-state index contributed by atoms with van der Waals surface area (Å²) in [4.78, 5) is 26.1. The molecule has 2 atom stereocenters. The van der Waals surface area contributed by atoms with Crippen LogP contribution in [0.15, 0.2) is 36.9 Å². The Hall–Kier alpha value is -2.65. The number of nitrogens with zero attached hydrogens (tertiary/aromatic N) is 2. The highest BCUT2D eigenvalue weighted by molar-refractivity contribution is 5.97. The molecular weight excluding hydrogens is 320 g/mol. The number of anilines is 1. The van der Waals surface area contributed by atoms with E-state index in [2.05, 4.69) is 6.58 Å². The summed E-state index contributed by atoms with van der Waals surface area (Å²) in [6.45, 7) is 8.96. The molecule has 0 heterocycles. The molecule has 1 amide bonds. The van der Waals surface area contributed by atoms with E-state index in [0.29, 0.717) is 5.69 Å². The third-order valence-corrected chi connectivity index (χ3v) is 3.50. The van der Waals surface area contributed by atoms with Crippen LogP contribution in [0.4, 0.5) is 5.69 Å². The Labute approximate surface area is 148 Å². The van der Waals surface area contributed by atoms with Gasteiger partial charge in [0.15, 0.2) is 12.2 Å². The van der Waals surface area contributed by atoms with E-state index in [9.17, 15) is 9.59 Å². The fourth-order valence-electron chi connectivity index (χ4n) is 2.07. The van der Waals surface area contributed by atoms with Crippen molar-refractivity contribution in [1.82, 2.24) is 0 Å². The van der Waals surface area contributed by atoms with Crippen molar-refractivity contribution in [2.45, 2.75) is 39.4 Å². The summed E-state index contributed by atoms with van der Waals surface area (Å²) >= 11 is 0. The summed E-state index contributed by atoms with van der Waals surface area (Å²) in [6.07, 6.45) is -0.0686. The third-order valence-electron chi connectivity index (χ3n) is 3.50. The van der Waals surface area contributed by atoms with Crippen molar-refractivity contribution in [1.29, 1.82) is 5.26 Å². The maximum Gasteiger partial charge on any atom is 0.335 e. The van der Waals surface area contributed by atoms with Gasteiger partial charge in [0.2, 0.25) is 0 Å². The molecule has 134 valence electrons.